The molecule has 3 heteroatoms. The first-order valence-electron chi connectivity index (χ1n) is 7.17. The van der Waals surface area contributed by atoms with Crippen molar-refractivity contribution < 1.29 is 4.79 Å². The van der Waals surface area contributed by atoms with Gasteiger partial charge in [0.1, 0.15) is 0 Å². The van der Waals surface area contributed by atoms with E-state index in [9.17, 15) is 4.79 Å². The lowest BCUT2D eigenvalue weighted by atomic mass is 10.1. The van der Waals surface area contributed by atoms with E-state index in [2.05, 4.69) is 19.2 Å². The van der Waals surface area contributed by atoms with Gasteiger partial charge in [0.05, 0.1) is 6.04 Å². The van der Waals surface area contributed by atoms with Crippen molar-refractivity contribution >= 4 is 5.91 Å². The van der Waals surface area contributed by atoms with Gasteiger partial charge in [-0.3, -0.25) is 4.79 Å². The van der Waals surface area contributed by atoms with Crippen molar-refractivity contribution in [1.29, 1.82) is 0 Å². The number of likely N-dealkylation sites (tertiary alicyclic amines) is 1. The van der Waals surface area contributed by atoms with E-state index in [1.54, 1.807) is 0 Å². The van der Waals surface area contributed by atoms with Crippen molar-refractivity contribution in [1.82, 2.24) is 10.2 Å². The summed E-state index contributed by atoms with van der Waals surface area (Å²) in [6.07, 6.45) is 6.07. The van der Waals surface area contributed by atoms with E-state index in [4.69, 9.17) is 0 Å². The van der Waals surface area contributed by atoms with Gasteiger partial charge in [0, 0.05) is 13.1 Å². The minimum atomic E-state index is -0.0209. The van der Waals surface area contributed by atoms with Gasteiger partial charge in [-0.05, 0) is 45.1 Å². The highest BCUT2D eigenvalue weighted by Gasteiger charge is 2.21. The lowest BCUT2D eigenvalue weighted by molar-refractivity contribution is -0.133. The van der Waals surface area contributed by atoms with Gasteiger partial charge in [-0.25, -0.2) is 0 Å². The summed E-state index contributed by atoms with van der Waals surface area (Å²) >= 11 is 0. The van der Waals surface area contributed by atoms with Gasteiger partial charge in [0.15, 0.2) is 0 Å². The number of amides is 1. The summed E-state index contributed by atoms with van der Waals surface area (Å²) in [6.45, 7) is 9.31. The normalized spacial score (nSPS) is 20.1. The molecule has 2 unspecified atom stereocenters. The van der Waals surface area contributed by atoms with Crippen LogP contribution in [0.5, 0.6) is 0 Å². The van der Waals surface area contributed by atoms with Crippen LogP contribution in [0.1, 0.15) is 52.9 Å². The minimum Gasteiger partial charge on any atom is -0.341 e. The fourth-order valence-electron chi connectivity index (χ4n) is 2.45. The second-order valence-electron chi connectivity index (χ2n) is 5.41. The zero-order chi connectivity index (χ0) is 12.7. The summed E-state index contributed by atoms with van der Waals surface area (Å²) in [7, 11) is 0. The van der Waals surface area contributed by atoms with E-state index in [1.807, 2.05) is 11.8 Å². The second-order valence-corrected chi connectivity index (χ2v) is 5.41. The molecule has 17 heavy (non-hydrogen) atoms. The van der Waals surface area contributed by atoms with Gasteiger partial charge in [-0.2, -0.15) is 0 Å². The van der Waals surface area contributed by atoms with Crippen LogP contribution in [-0.2, 0) is 4.79 Å². The number of hydrogen-bond acceptors (Lipinski definition) is 2. The van der Waals surface area contributed by atoms with Gasteiger partial charge in [0.2, 0.25) is 5.91 Å². The number of carbonyl (C=O) groups is 1. The van der Waals surface area contributed by atoms with E-state index >= 15 is 0 Å². The average molecular weight is 240 g/mol. The first-order chi connectivity index (χ1) is 8.15. The Kier molecular flexibility index (Phi) is 6.56. The first-order valence-corrected chi connectivity index (χ1v) is 7.17. The molecule has 100 valence electrons. The summed E-state index contributed by atoms with van der Waals surface area (Å²) in [4.78, 5) is 14.2. The van der Waals surface area contributed by atoms with Crippen molar-refractivity contribution in [3.63, 3.8) is 0 Å². The zero-order valence-electron chi connectivity index (χ0n) is 11.7. The fourth-order valence-corrected chi connectivity index (χ4v) is 2.45. The quantitative estimate of drug-likeness (QED) is 0.773. The van der Waals surface area contributed by atoms with Crippen molar-refractivity contribution in [3.8, 4) is 0 Å². The Morgan fingerprint density at radius 1 is 1.24 bits per heavy atom. The Bertz CT molecular complexity index is 224. The lowest BCUT2D eigenvalue weighted by Crippen LogP contribution is -2.47. The van der Waals surface area contributed by atoms with Crippen LogP contribution in [0, 0.1) is 5.92 Å². The summed E-state index contributed by atoms with van der Waals surface area (Å²) in [5, 5.41) is 3.37. The first kappa shape index (κ1) is 14.5. The monoisotopic (exact) mass is 240 g/mol. The van der Waals surface area contributed by atoms with Crippen LogP contribution in [0.2, 0.25) is 0 Å². The number of rotatable bonds is 6. The molecule has 1 aliphatic heterocycles. The molecular weight excluding hydrogens is 212 g/mol. The van der Waals surface area contributed by atoms with Gasteiger partial charge in [0.25, 0.3) is 0 Å². The predicted octanol–water partition coefficient (Wildman–Crippen LogP) is 2.41. The molecule has 0 aromatic rings. The average Bonchev–Trinajstić information content (AvgIpc) is 2.36. The third-order valence-corrected chi connectivity index (χ3v) is 3.59. The Hall–Kier alpha value is -0.570. The maximum Gasteiger partial charge on any atom is 0.239 e. The van der Waals surface area contributed by atoms with Gasteiger partial charge >= 0.3 is 0 Å². The molecule has 1 aliphatic rings. The van der Waals surface area contributed by atoms with Crippen LogP contribution in [0.15, 0.2) is 0 Å². The van der Waals surface area contributed by atoms with Gasteiger partial charge in [-0.15, -0.1) is 0 Å². The highest BCUT2D eigenvalue weighted by Crippen LogP contribution is 2.10. The predicted molar refractivity (Wildman–Crippen MR) is 72.0 cm³/mol. The highest BCUT2D eigenvalue weighted by molar-refractivity contribution is 5.81. The molecule has 0 radical (unpaired) electrons. The van der Waals surface area contributed by atoms with Crippen LogP contribution >= 0.6 is 0 Å². The summed E-state index contributed by atoms with van der Waals surface area (Å²) in [5.41, 5.74) is 0. The standard InChI is InChI=1S/C14H28N2O/c1-4-8-12(2)11-15-13(3)14(17)16-9-6-5-7-10-16/h12-13,15H,4-11H2,1-3H3. The molecule has 0 bridgehead atoms. The highest BCUT2D eigenvalue weighted by atomic mass is 16.2. The van der Waals surface area contributed by atoms with Crippen LogP contribution in [0.25, 0.3) is 0 Å². The fraction of sp³-hybridized carbons (Fsp3) is 0.929. The third-order valence-electron chi connectivity index (χ3n) is 3.59. The van der Waals surface area contributed by atoms with Crippen LogP contribution in [-0.4, -0.2) is 36.5 Å². The van der Waals surface area contributed by atoms with Crippen molar-refractivity contribution in [2.45, 2.75) is 58.9 Å². The van der Waals surface area contributed by atoms with E-state index < -0.39 is 0 Å². The number of nitrogens with one attached hydrogen (secondary N) is 1. The third kappa shape index (κ3) is 5.07. The summed E-state index contributed by atoms with van der Waals surface area (Å²) in [6, 6.07) is -0.0209. The molecule has 0 spiro atoms. The van der Waals surface area contributed by atoms with E-state index in [0.29, 0.717) is 5.92 Å². The number of piperidine rings is 1. The van der Waals surface area contributed by atoms with Crippen molar-refractivity contribution in [3.05, 3.63) is 0 Å². The summed E-state index contributed by atoms with van der Waals surface area (Å²) in [5.74, 6) is 0.949. The number of carbonyl (C=O) groups excluding carboxylic acids is 1. The van der Waals surface area contributed by atoms with Crippen LogP contribution in [0.4, 0.5) is 0 Å². The molecule has 1 saturated heterocycles. The van der Waals surface area contributed by atoms with Crippen molar-refractivity contribution in [2.75, 3.05) is 19.6 Å². The topological polar surface area (TPSA) is 32.3 Å². The van der Waals surface area contributed by atoms with Gasteiger partial charge < -0.3 is 10.2 Å². The Morgan fingerprint density at radius 2 is 1.88 bits per heavy atom. The molecular formula is C14H28N2O. The zero-order valence-corrected chi connectivity index (χ0v) is 11.7. The van der Waals surface area contributed by atoms with Gasteiger partial charge in [-0.1, -0.05) is 20.3 Å². The largest absolute Gasteiger partial charge is 0.341 e. The molecule has 1 heterocycles. The van der Waals surface area contributed by atoms with Crippen LogP contribution in [0.3, 0.4) is 0 Å². The molecule has 1 amide bonds. The van der Waals surface area contributed by atoms with E-state index in [0.717, 1.165) is 19.6 Å². The molecule has 0 aliphatic carbocycles. The number of hydrogen-bond donors (Lipinski definition) is 1. The molecule has 2 atom stereocenters. The lowest BCUT2D eigenvalue weighted by Gasteiger charge is -2.30. The minimum absolute atomic E-state index is 0.0209. The number of nitrogens with zero attached hydrogens (tertiary/aromatic N) is 1. The molecule has 1 fully saturated rings. The smallest absolute Gasteiger partial charge is 0.239 e. The molecule has 1 N–H and O–H groups in total. The molecule has 0 aromatic carbocycles. The van der Waals surface area contributed by atoms with Crippen LogP contribution < -0.4 is 5.32 Å². The Labute approximate surface area is 106 Å². The maximum absolute atomic E-state index is 12.1. The van der Waals surface area contributed by atoms with E-state index in [1.165, 1.54) is 32.1 Å². The summed E-state index contributed by atoms with van der Waals surface area (Å²) < 4.78 is 0. The van der Waals surface area contributed by atoms with E-state index in [-0.39, 0.29) is 11.9 Å². The maximum atomic E-state index is 12.1. The second kappa shape index (κ2) is 7.70. The molecule has 3 nitrogen and oxygen atoms in total. The molecule has 0 aromatic heterocycles. The molecule has 0 saturated carbocycles. The Balaban J connectivity index is 2.25. The SMILES string of the molecule is CCCC(C)CNC(C)C(=O)N1CCCCC1. The Morgan fingerprint density at radius 3 is 2.47 bits per heavy atom. The molecule has 1 rings (SSSR count). The van der Waals surface area contributed by atoms with Crippen molar-refractivity contribution in [2.24, 2.45) is 5.92 Å².